The molecule has 0 unspecified atom stereocenters. The van der Waals surface area contributed by atoms with E-state index in [9.17, 15) is 4.79 Å². The second kappa shape index (κ2) is 3.89. The summed E-state index contributed by atoms with van der Waals surface area (Å²) in [4.78, 5) is 10.4. The highest BCUT2D eigenvalue weighted by atomic mass is 35.5. The maximum atomic E-state index is 10.4. The average Bonchev–Trinajstić information content (AvgIpc) is 2.10. The van der Waals surface area contributed by atoms with Gasteiger partial charge in [0.2, 0.25) is 0 Å². The van der Waals surface area contributed by atoms with Gasteiger partial charge in [-0.3, -0.25) is 0 Å². The van der Waals surface area contributed by atoms with Crippen molar-refractivity contribution < 1.29 is 4.79 Å². The van der Waals surface area contributed by atoms with Gasteiger partial charge in [0, 0.05) is 5.02 Å². The molecule has 1 aromatic rings. The Kier molecular flexibility index (Phi) is 2.84. The van der Waals surface area contributed by atoms with Gasteiger partial charge in [-0.1, -0.05) is 23.7 Å². The summed E-state index contributed by atoms with van der Waals surface area (Å²) in [5.41, 5.74) is 0.678. The van der Waals surface area contributed by atoms with Gasteiger partial charge in [-0.05, 0) is 17.7 Å². The lowest BCUT2D eigenvalue weighted by atomic mass is 10.0. The zero-order valence-electron chi connectivity index (χ0n) is 6.20. The maximum Gasteiger partial charge on any atom is 0.141 e. The van der Waals surface area contributed by atoms with Crippen molar-refractivity contribution in [3.8, 4) is 6.07 Å². The lowest BCUT2D eigenvalue weighted by Gasteiger charge is -1.99. The molecular weight excluding hydrogens is 174 g/mol. The lowest BCUT2D eigenvalue weighted by molar-refractivity contribution is -0.108. The molecule has 0 amide bonds. The van der Waals surface area contributed by atoms with Crippen molar-refractivity contribution in [2.24, 2.45) is 0 Å². The van der Waals surface area contributed by atoms with Crippen LogP contribution >= 0.6 is 11.6 Å². The molecule has 0 aliphatic rings. The summed E-state index contributed by atoms with van der Waals surface area (Å²) in [5, 5.41) is 9.13. The minimum atomic E-state index is -0.678. The summed E-state index contributed by atoms with van der Waals surface area (Å²) < 4.78 is 0. The molecule has 1 atom stereocenters. The maximum absolute atomic E-state index is 10.4. The van der Waals surface area contributed by atoms with Crippen molar-refractivity contribution in [1.82, 2.24) is 0 Å². The van der Waals surface area contributed by atoms with Crippen LogP contribution in [0.15, 0.2) is 24.3 Å². The number of hydrogen-bond acceptors (Lipinski definition) is 2. The van der Waals surface area contributed by atoms with Gasteiger partial charge in [-0.2, -0.15) is 5.26 Å². The van der Waals surface area contributed by atoms with Gasteiger partial charge < -0.3 is 4.79 Å². The number of nitriles is 1. The van der Waals surface area contributed by atoms with Gasteiger partial charge in [0.15, 0.2) is 0 Å². The smallest absolute Gasteiger partial charge is 0.141 e. The molecule has 1 rings (SSSR count). The molecule has 0 radical (unpaired) electrons. The number of carbonyl (C=O) groups is 1. The van der Waals surface area contributed by atoms with Gasteiger partial charge >= 0.3 is 0 Å². The molecule has 0 aliphatic carbocycles. The third-order valence-electron chi connectivity index (χ3n) is 1.50. The zero-order chi connectivity index (χ0) is 8.97. The second-order valence-electron chi connectivity index (χ2n) is 2.29. The predicted octanol–water partition coefficient (Wildman–Crippen LogP) is 2.15. The Balaban J connectivity index is 2.97. The number of nitrogens with zero attached hydrogens (tertiary/aromatic N) is 1. The average molecular weight is 180 g/mol. The Bertz CT molecular complexity index is 312. The molecule has 0 saturated carbocycles. The first kappa shape index (κ1) is 8.76. The Morgan fingerprint density at radius 3 is 2.42 bits per heavy atom. The number of halogens is 1. The van der Waals surface area contributed by atoms with Crippen LogP contribution in [-0.2, 0) is 4.79 Å². The van der Waals surface area contributed by atoms with Crippen molar-refractivity contribution >= 4 is 17.9 Å². The van der Waals surface area contributed by atoms with Crippen LogP contribution in [0.25, 0.3) is 0 Å². The fraction of sp³-hybridized carbons (Fsp3) is 0.111. The fourth-order valence-corrected chi connectivity index (χ4v) is 0.980. The van der Waals surface area contributed by atoms with E-state index in [1.54, 1.807) is 24.3 Å². The highest BCUT2D eigenvalue weighted by Gasteiger charge is 2.07. The van der Waals surface area contributed by atoms with Crippen molar-refractivity contribution in [2.45, 2.75) is 5.92 Å². The Morgan fingerprint density at radius 1 is 1.42 bits per heavy atom. The monoisotopic (exact) mass is 179 g/mol. The largest absolute Gasteiger partial charge is 0.302 e. The van der Waals surface area contributed by atoms with Crippen molar-refractivity contribution in [3.63, 3.8) is 0 Å². The van der Waals surface area contributed by atoms with E-state index >= 15 is 0 Å². The third-order valence-corrected chi connectivity index (χ3v) is 1.76. The molecule has 1 aromatic carbocycles. The van der Waals surface area contributed by atoms with Crippen molar-refractivity contribution in [3.05, 3.63) is 34.9 Å². The topological polar surface area (TPSA) is 40.9 Å². The predicted molar refractivity (Wildman–Crippen MR) is 45.9 cm³/mol. The van der Waals surface area contributed by atoms with Crippen LogP contribution in [0.1, 0.15) is 11.5 Å². The minimum absolute atomic E-state index is 0.598. The first-order valence-electron chi connectivity index (χ1n) is 3.38. The van der Waals surface area contributed by atoms with Gasteiger partial charge in [0.05, 0.1) is 6.07 Å². The second-order valence-corrected chi connectivity index (χ2v) is 2.73. The first-order valence-corrected chi connectivity index (χ1v) is 3.76. The van der Waals surface area contributed by atoms with E-state index in [1.807, 2.05) is 6.07 Å². The zero-order valence-corrected chi connectivity index (χ0v) is 6.95. The van der Waals surface area contributed by atoms with Crippen LogP contribution in [0.5, 0.6) is 0 Å². The van der Waals surface area contributed by atoms with Gasteiger partial charge in [-0.15, -0.1) is 0 Å². The SMILES string of the molecule is N#C[C@@H](C=O)c1ccc(Cl)cc1. The molecule has 0 saturated heterocycles. The van der Waals surface area contributed by atoms with Crippen LogP contribution in [0.4, 0.5) is 0 Å². The molecule has 0 spiro atoms. The normalized spacial score (nSPS) is 11.7. The molecule has 0 N–H and O–H groups in total. The molecule has 0 fully saturated rings. The molecule has 0 aromatic heterocycles. The summed E-state index contributed by atoms with van der Waals surface area (Å²) in [6.45, 7) is 0. The van der Waals surface area contributed by atoms with E-state index in [-0.39, 0.29) is 0 Å². The molecule has 0 bridgehead atoms. The van der Waals surface area contributed by atoms with E-state index < -0.39 is 5.92 Å². The highest BCUT2D eigenvalue weighted by molar-refractivity contribution is 6.30. The molecule has 60 valence electrons. The van der Waals surface area contributed by atoms with E-state index in [4.69, 9.17) is 16.9 Å². The summed E-state index contributed by atoms with van der Waals surface area (Å²) in [5.74, 6) is -0.678. The Hall–Kier alpha value is -1.33. The van der Waals surface area contributed by atoms with Crippen LogP contribution in [0.3, 0.4) is 0 Å². The van der Waals surface area contributed by atoms with Crippen molar-refractivity contribution in [2.75, 3.05) is 0 Å². The molecular formula is C9H6ClNO. The fourth-order valence-electron chi connectivity index (χ4n) is 0.854. The number of rotatable bonds is 2. The number of hydrogen-bond donors (Lipinski definition) is 0. The van der Waals surface area contributed by atoms with E-state index in [2.05, 4.69) is 0 Å². The summed E-state index contributed by atoms with van der Waals surface area (Å²) in [7, 11) is 0. The van der Waals surface area contributed by atoms with Gasteiger partial charge in [0.25, 0.3) is 0 Å². The van der Waals surface area contributed by atoms with Crippen LogP contribution in [0.2, 0.25) is 5.02 Å². The van der Waals surface area contributed by atoms with Gasteiger partial charge in [0.1, 0.15) is 12.2 Å². The van der Waals surface area contributed by atoms with E-state index in [0.29, 0.717) is 16.9 Å². The number of benzene rings is 1. The molecule has 0 aliphatic heterocycles. The first-order chi connectivity index (χ1) is 5.77. The summed E-state index contributed by atoms with van der Waals surface area (Å²) in [6.07, 6.45) is 0.614. The molecule has 12 heavy (non-hydrogen) atoms. The third kappa shape index (κ3) is 1.84. The highest BCUT2D eigenvalue weighted by Crippen LogP contribution is 2.15. The van der Waals surface area contributed by atoms with Crippen molar-refractivity contribution in [1.29, 1.82) is 5.26 Å². The van der Waals surface area contributed by atoms with Crippen LogP contribution < -0.4 is 0 Å². The molecule has 0 heterocycles. The molecule has 3 heteroatoms. The van der Waals surface area contributed by atoms with E-state index in [1.165, 1.54) is 0 Å². The van der Waals surface area contributed by atoms with Crippen LogP contribution in [-0.4, -0.2) is 6.29 Å². The van der Waals surface area contributed by atoms with Gasteiger partial charge in [-0.25, -0.2) is 0 Å². The number of aldehydes is 1. The Labute approximate surface area is 75.4 Å². The summed E-state index contributed by atoms with van der Waals surface area (Å²) >= 11 is 5.63. The summed E-state index contributed by atoms with van der Waals surface area (Å²) in [6, 6.07) is 8.53. The van der Waals surface area contributed by atoms with Crippen LogP contribution in [0, 0.1) is 11.3 Å². The molecule has 2 nitrogen and oxygen atoms in total. The lowest BCUT2D eigenvalue weighted by Crippen LogP contribution is -1.95. The number of carbonyl (C=O) groups excluding carboxylic acids is 1. The Morgan fingerprint density at radius 2 is 2.00 bits per heavy atom. The van der Waals surface area contributed by atoms with E-state index in [0.717, 1.165) is 0 Å². The quantitative estimate of drug-likeness (QED) is 0.653. The standard InChI is InChI=1S/C9H6ClNO/c10-9-3-1-7(2-4-9)8(5-11)6-12/h1-4,6,8H/t8-/m0/s1. The minimum Gasteiger partial charge on any atom is -0.302 e.